The number of hydrogen-bond donors (Lipinski definition) is 2. The van der Waals surface area contributed by atoms with Crippen LogP contribution < -0.4 is 5.32 Å². The Kier molecular flexibility index (Phi) is 5.41. The van der Waals surface area contributed by atoms with E-state index in [1.807, 2.05) is 0 Å². The molecule has 0 heterocycles. The molecule has 1 unspecified atom stereocenters. The lowest BCUT2D eigenvalue weighted by Crippen LogP contribution is -2.41. The molecule has 1 aromatic rings. The van der Waals surface area contributed by atoms with Crippen LogP contribution in [0.4, 0.5) is 0 Å². The zero-order chi connectivity index (χ0) is 13.6. The highest BCUT2D eigenvalue weighted by atomic mass is 16.3. The Labute approximate surface area is 117 Å². The van der Waals surface area contributed by atoms with Crippen molar-refractivity contribution in [2.24, 2.45) is 0 Å². The van der Waals surface area contributed by atoms with Gasteiger partial charge in [0.1, 0.15) is 0 Å². The van der Waals surface area contributed by atoms with E-state index in [-0.39, 0.29) is 0 Å². The summed E-state index contributed by atoms with van der Waals surface area (Å²) in [5.74, 6) is 0.496. The average molecular weight is 261 g/mol. The standard InChI is InChI=1S/C17H27NO/c1-15(16-9-5-4-6-10-16)13-18-14-17(19)11-7-2-3-8-12-17/h4-6,9-10,15,18-19H,2-3,7-8,11-14H2,1H3. The largest absolute Gasteiger partial charge is 0.389 e. The van der Waals surface area contributed by atoms with E-state index in [1.165, 1.54) is 31.2 Å². The molecule has 2 rings (SSSR count). The van der Waals surface area contributed by atoms with Crippen molar-refractivity contribution < 1.29 is 5.11 Å². The van der Waals surface area contributed by atoms with Crippen LogP contribution in [0.2, 0.25) is 0 Å². The fourth-order valence-electron chi connectivity index (χ4n) is 2.98. The molecule has 0 saturated heterocycles. The van der Waals surface area contributed by atoms with Crippen LogP contribution in [-0.4, -0.2) is 23.8 Å². The van der Waals surface area contributed by atoms with Gasteiger partial charge in [-0.15, -0.1) is 0 Å². The maximum Gasteiger partial charge on any atom is 0.0771 e. The van der Waals surface area contributed by atoms with E-state index < -0.39 is 5.60 Å². The predicted octanol–water partition coefficient (Wildman–Crippen LogP) is 3.47. The first-order valence-corrected chi connectivity index (χ1v) is 7.68. The molecule has 2 nitrogen and oxygen atoms in total. The lowest BCUT2D eigenvalue weighted by atomic mass is 9.94. The van der Waals surface area contributed by atoms with E-state index in [4.69, 9.17) is 0 Å². The van der Waals surface area contributed by atoms with Crippen molar-refractivity contribution >= 4 is 0 Å². The highest BCUT2D eigenvalue weighted by molar-refractivity contribution is 5.18. The fraction of sp³-hybridized carbons (Fsp3) is 0.647. The van der Waals surface area contributed by atoms with Gasteiger partial charge in [0.05, 0.1) is 5.60 Å². The first-order chi connectivity index (χ1) is 9.20. The molecule has 1 fully saturated rings. The van der Waals surface area contributed by atoms with Gasteiger partial charge in [0, 0.05) is 13.1 Å². The summed E-state index contributed by atoms with van der Waals surface area (Å²) in [5, 5.41) is 14.0. The van der Waals surface area contributed by atoms with Crippen LogP contribution in [0.3, 0.4) is 0 Å². The fourth-order valence-corrected chi connectivity index (χ4v) is 2.98. The molecule has 0 bridgehead atoms. The lowest BCUT2D eigenvalue weighted by Gasteiger charge is -2.27. The van der Waals surface area contributed by atoms with Gasteiger partial charge in [-0.2, -0.15) is 0 Å². The summed E-state index contributed by atoms with van der Waals surface area (Å²) in [7, 11) is 0. The van der Waals surface area contributed by atoms with E-state index in [0.717, 1.165) is 25.9 Å². The van der Waals surface area contributed by atoms with Crippen LogP contribution >= 0.6 is 0 Å². The molecule has 106 valence electrons. The summed E-state index contributed by atoms with van der Waals surface area (Å²) in [6.07, 6.45) is 6.82. The number of hydrogen-bond acceptors (Lipinski definition) is 2. The first kappa shape index (κ1) is 14.5. The Morgan fingerprint density at radius 3 is 2.37 bits per heavy atom. The minimum atomic E-state index is -0.465. The van der Waals surface area contributed by atoms with E-state index in [9.17, 15) is 5.11 Å². The average Bonchev–Trinajstić information content (AvgIpc) is 2.65. The third kappa shape index (κ3) is 4.63. The van der Waals surface area contributed by atoms with Crippen LogP contribution in [0.15, 0.2) is 30.3 Å². The molecule has 0 radical (unpaired) electrons. The monoisotopic (exact) mass is 261 g/mol. The Bertz CT molecular complexity index is 355. The second-order valence-electron chi connectivity index (χ2n) is 6.08. The summed E-state index contributed by atoms with van der Waals surface area (Å²) >= 11 is 0. The van der Waals surface area contributed by atoms with Crippen LogP contribution in [0, 0.1) is 0 Å². The molecule has 0 spiro atoms. The maximum absolute atomic E-state index is 10.6. The van der Waals surface area contributed by atoms with Crippen molar-refractivity contribution in [2.45, 2.75) is 57.0 Å². The molecule has 2 heteroatoms. The molecule has 19 heavy (non-hydrogen) atoms. The molecule has 0 aliphatic heterocycles. The van der Waals surface area contributed by atoms with Crippen LogP contribution in [0.1, 0.15) is 56.9 Å². The normalized spacial score (nSPS) is 20.7. The SMILES string of the molecule is CC(CNCC1(O)CCCCCC1)c1ccccc1. The molecule has 2 N–H and O–H groups in total. The quantitative estimate of drug-likeness (QED) is 0.796. The summed E-state index contributed by atoms with van der Waals surface area (Å²) < 4.78 is 0. The van der Waals surface area contributed by atoms with E-state index in [0.29, 0.717) is 5.92 Å². The summed E-state index contributed by atoms with van der Waals surface area (Å²) in [4.78, 5) is 0. The zero-order valence-electron chi connectivity index (χ0n) is 12.1. The van der Waals surface area contributed by atoms with Crippen LogP contribution in [0.25, 0.3) is 0 Å². The zero-order valence-corrected chi connectivity index (χ0v) is 12.1. The van der Waals surface area contributed by atoms with Crippen molar-refractivity contribution in [1.29, 1.82) is 0 Å². The van der Waals surface area contributed by atoms with Crippen molar-refractivity contribution in [3.05, 3.63) is 35.9 Å². The Morgan fingerprint density at radius 2 is 1.74 bits per heavy atom. The van der Waals surface area contributed by atoms with Gasteiger partial charge >= 0.3 is 0 Å². The van der Waals surface area contributed by atoms with Crippen LogP contribution in [-0.2, 0) is 0 Å². The van der Waals surface area contributed by atoms with E-state index >= 15 is 0 Å². The van der Waals surface area contributed by atoms with Gasteiger partial charge in [-0.1, -0.05) is 62.9 Å². The van der Waals surface area contributed by atoms with Gasteiger partial charge < -0.3 is 10.4 Å². The Hall–Kier alpha value is -0.860. The number of rotatable bonds is 5. The Balaban J connectivity index is 1.76. The molecule has 1 saturated carbocycles. The van der Waals surface area contributed by atoms with Crippen molar-refractivity contribution in [2.75, 3.05) is 13.1 Å². The van der Waals surface area contributed by atoms with Gasteiger partial charge in [0.25, 0.3) is 0 Å². The van der Waals surface area contributed by atoms with Crippen molar-refractivity contribution in [1.82, 2.24) is 5.32 Å². The van der Waals surface area contributed by atoms with E-state index in [1.54, 1.807) is 0 Å². The summed E-state index contributed by atoms with van der Waals surface area (Å²) in [6.45, 7) is 3.91. The highest BCUT2D eigenvalue weighted by Gasteiger charge is 2.27. The second-order valence-corrected chi connectivity index (χ2v) is 6.08. The van der Waals surface area contributed by atoms with Crippen molar-refractivity contribution in [3.63, 3.8) is 0 Å². The molecule has 1 aliphatic carbocycles. The topological polar surface area (TPSA) is 32.3 Å². The van der Waals surface area contributed by atoms with Gasteiger partial charge in [-0.05, 0) is 24.3 Å². The maximum atomic E-state index is 10.6. The van der Waals surface area contributed by atoms with E-state index in [2.05, 4.69) is 42.6 Å². The summed E-state index contributed by atoms with van der Waals surface area (Å²) in [6, 6.07) is 10.6. The molecule has 1 aliphatic rings. The first-order valence-electron chi connectivity index (χ1n) is 7.68. The van der Waals surface area contributed by atoms with Gasteiger partial charge in [-0.3, -0.25) is 0 Å². The molecular formula is C17H27NO. The second kappa shape index (κ2) is 7.06. The molecular weight excluding hydrogens is 234 g/mol. The Morgan fingerprint density at radius 1 is 1.11 bits per heavy atom. The third-order valence-electron chi connectivity index (χ3n) is 4.31. The van der Waals surface area contributed by atoms with Crippen molar-refractivity contribution in [3.8, 4) is 0 Å². The van der Waals surface area contributed by atoms with Gasteiger partial charge in [0.2, 0.25) is 0 Å². The van der Waals surface area contributed by atoms with Crippen LogP contribution in [0.5, 0.6) is 0 Å². The lowest BCUT2D eigenvalue weighted by molar-refractivity contribution is 0.0252. The molecule has 0 aromatic heterocycles. The number of nitrogens with one attached hydrogen (secondary N) is 1. The molecule has 1 atom stereocenters. The summed E-state index contributed by atoms with van der Waals surface area (Å²) in [5.41, 5.74) is 0.898. The highest BCUT2D eigenvalue weighted by Crippen LogP contribution is 2.26. The minimum Gasteiger partial charge on any atom is -0.389 e. The number of benzene rings is 1. The smallest absolute Gasteiger partial charge is 0.0771 e. The molecule has 1 aromatic carbocycles. The van der Waals surface area contributed by atoms with Gasteiger partial charge in [0.15, 0.2) is 0 Å². The van der Waals surface area contributed by atoms with Gasteiger partial charge in [-0.25, -0.2) is 0 Å². The third-order valence-corrected chi connectivity index (χ3v) is 4.31. The predicted molar refractivity (Wildman–Crippen MR) is 80.4 cm³/mol. The molecule has 0 amide bonds. The minimum absolute atomic E-state index is 0.465. The number of aliphatic hydroxyl groups is 1.